The molecule has 0 bridgehead atoms. The summed E-state index contributed by atoms with van der Waals surface area (Å²) >= 11 is 3.70. The average molecular weight is 767 g/mol. The van der Waals surface area contributed by atoms with Crippen LogP contribution in [0.15, 0.2) is 193 Å². The summed E-state index contributed by atoms with van der Waals surface area (Å²) in [7, 11) is 0. The van der Waals surface area contributed by atoms with Crippen LogP contribution in [-0.2, 0) is 0 Å². The topological polar surface area (TPSA) is 44.7 Å². The SMILES string of the molecule is c1ccc([B-]2([n+]3ccc(C4C(c5cccs5)C(c5cc[n+]([B-]6(c7ccccc7)Oc7ccccc7O6)cc5)C4c4cccs4)cc3)Oc3ccccc3O2)cc1. The molecule has 6 nitrogen and oxygen atoms in total. The Kier molecular flexibility index (Phi) is 7.89. The van der Waals surface area contributed by atoms with Crippen LogP contribution < -0.4 is 38.5 Å². The van der Waals surface area contributed by atoms with Crippen LogP contribution in [0, 0.1) is 0 Å². The van der Waals surface area contributed by atoms with Gasteiger partial charge in [0.2, 0.25) is 0 Å². The van der Waals surface area contributed by atoms with Crippen molar-refractivity contribution in [3.8, 4) is 23.0 Å². The Bertz CT molecular complexity index is 2380. The standard InChI is InChI=1S/C46H36B2N2O4S2/c1-3-13-35(14-4-1)47(51-37-17-7-8-18-38(37)52-47)49-27-23-33(24-28-49)43-45(41-21-11-31-55-41)44(46(43)42-22-12-32-56-42)34-25-29-50(30-26-34)48(36-15-5-2-6-16-36)53-39-19-9-10-20-40(39)54-48/h1-32,43-46H. The molecular formula is C46H36B2N2O4S2. The number of aromatic nitrogens is 2. The van der Waals surface area contributed by atoms with Gasteiger partial charge in [-0.05, 0) is 69.2 Å². The molecule has 0 spiro atoms. The van der Waals surface area contributed by atoms with Crippen LogP contribution in [0.1, 0.15) is 44.6 Å². The number of benzene rings is 4. The largest absolute Gasteiger partial charge is 0.684 e. The van der Waals surface area contributed by atoms with Gasteiger partial charge in [-0.2, -0.15) is 0 Å². The first-order chi connectivity index (χ1) is 27.7. The Morgan fingerprint density at radius 2 is 0.696 bits per heavy atom. The molecule has 10 heteroatoms. The van der Waals surface area contributed by atoms with Crippen LogP contribution in [0.5, 0.6) is 23.0 Å². The molecule has 0 radical (unpaired) electrons. The first-order valence-electron chi connectivity index (χ1n) is 19.1. The molecule has 4 aromatic heterocycles. The summed E-state index contributed by atoms with van der Waals surface area (Å²) in [6, 6.07) is 54.5. The number of para-hydroxylation sites is 4. The Labute approximate surface area is 333 Å². The molecule has 6 heterocycles. The second-order valence-corrected chi connectivity index (χ2v) is 16.8. The lowest BCUT2D eigenvalue weighted by molar-refractivity contribution is -0.566. The number of fused-ring (bicyclic) bond motifs is 2. The molecule has 1 saturated carbocycles. The highest BCUT2D eigenvalue weighted by molar-refractivity contribution is 7.10. The zero-order chi connectivity index (χ0) is 37.1. The minimum absolute atomic E-state index is 0.262. The lowest BCUT2D eigenvalue weighted by Gasteiger charge is -2.52. The Morgan fingerprint density at radius 3 is 1.02 bits per heavy atom. The molecule has 0 N–H and O–H groups in total. The van der Waals surface area contributed by atoms with E-state index in [-0.39, 0.29) is 23.7 Å². The van der Waals surface area contributed by atoms with Crippen LogP contribution in [0.2, 0.25) is 0 Å². The second-order valence-electron chi connectivity index (χ2n) is 14.8. The molecule has 1 fully saturated rings. The van der Waals surface area contributed by atoms with Crippen molar-refractivity contribution in [3.05, 3.63) is 214 Å². The lowest BCUT2D eigenvalue weighted by Crippen LogP contribution is -2.78. The molecule has 0 unspecified atom stereocenters. The number of hydrogen-bond donors (Lipinski definition) is 0. The molecule has 0 atom stereocenters. The van der Waals surface area contributed by atoms with E-state index in [9.17, 15) is 0 Å². The van der Waals surface area contributed by atoms with Crippen LogP contribution in [0.4, 0.5) is 0 Å². The van der Waals surface area contributed by atoms with Crippen molar-refractivity contribution in [2.45, 2.75) is 23.7 Å². The number of hydrogen-bond acceptors (Lipinski definition) is 6. The maximum Gasteiger partial charge on any atom is 0.684 e. The number of thiophene rings is 2. The van der Waals surface area contributed by atoms with E-state index < -0.39 is 13.4 Å². The van der Waals surface area contributed by atoms with Crippen molar-refractivity contribution in [3.63, 3.8) is 0 Å². The summed E-state index contributed by atoms with van der Waals surface area (Å²) in [5.41, 5.74) is 4.55. The molecule has 56 heavy (non-hydrogen) atoms. The molecule has 0 amide bonds. The lowest BCUT2D eigenvalue weighted by atomic mass is 9.52. The van der Waals surface area contributed by atoms with Gasteiger partial charge in [-0.3, -0.25) is 0 Å². The van der Waals surface area contributed by atoms with E-state index >= 15 is 0 Å². The van der Waals surface area contributed by atoms with Gasteiger partial charge in [-0.15, -0.1) is 22.7 Å². The third-order valence-electron chi connectivity index (χ3n) is 11.9. The summed E-state index contributed by atoms with van der Waals surface area (Å²) < 4.78 is 31.1. The van der Waals surface area contributed by atoms with E-state index in [1.807, 2.05) is 108 Å². The van der Waals surface area contributed by atoms with E-state index in [1.165, 1.54) is 20.9 Å². The minimum Gasteiger partial charge on any atom is -0.616 e. The second kappa shape index (κ2) is 13.3. The van der Waals surface area contributed by atoms with Crippen molar-refractivity contribution < 1.29 is 27.6 Å². The minimum atomic E-state index is -2.04. The fourth-order valence-electron chi connectivity index (χ4n) is 9.32. The molecule has 272 valence electrons. The Morgan fingerprint density at radius 1 is 0.357 bits per heavy atom. The molecule has 0 saturated heterocycles. The van der Waals surface area contributed by atoms with Gasteiger partial charge < -0.3 is 27.6 Å². The third-order valence-corrected chi connectivity index (χ3v) is 13.8. The summed E-state index contributed by atoms with van der Waals surface area (Å²) in [6.07, 6.45) is 8.59. The van der Waals surface area contributed by atoms with Gasteiger partial charge in [-0.25, -0.2) is 0 Å². The molecule has 4 aromatic carbocycles. The molecule has 3 aliphatic rings. The maximum absolute atomic E-state index is 6.73. The Balaban J connectivity index is 0.974. The first kappa shape index (κ1) is 33.3. The molecule has 1 aliphatic carbocycles. The number of rotatable bonds is 8. The van der Waals surface area contributed by atoms with Crippen LogP contribution in [0.25, 0.3) is 0 Å². The van der Waals surface area contributed by atoms with Crippen molar-refractivity contribution in [2.24, 2.45) is 0 Å². The summed E-state index contributed by atoms with van der Waals surface area (Å²) in [4.78, 5) is 2.79. The van der Waals surface area contributed by atoms with Gasteiger partial charge in [0, 0.05) is 57.7 Å². The number of nitrogens with zero attached hydrogens (tertiary/aromatic N) is 2. The van der Waals surface area contributed by atoms with Gasteiger partial charge in [0.1, 0.15) is 47.8 Å². The van der Waals surface area contributed by atoms with E-state index in [2.05, 4.69) is 117 Å². The quantitative estimate of drug-likeness (QED) is 0.147. The average Bonchev–Trinajstić information content (AvgIpc) is 4.09. The normalized spacial score (nSPS) is 21.0. The van der Waals surface area contributed by atoms with Gasteiger partial charge in [0.15, 0.2) is 0 Å². The Hall–Kier alpha value is -6.09. The summed E-state index contributed by atoms with van der Waals surface area (Å²) in [5, 5.41) is 4.41. The van der Waals surface area contributed by atoms with Gasteiger partial charge in [0.25, 0.3) is 0 Å². The highest BCUT2D eigenvalue weighted by Crippen LogP contribution is 2.67. The zero-order valence-corrected chi connectivity index (χ0v) is 31.9. The molecular weight excluding hydrogens is 730 g/mol. The van der Waals surface area contributed by atoms with Crippen LogP contribution in [-0.4, -0.2) is 13.4 Å². The zero-order valence-electron chi connectivity index (χ0n) is 30.3. The van der Waals surface area contributed by atoms with Crippen molar-refractivity contribution in [1.29, 1.82) is 0 Å². The van der Waals surface area contributed by atoms with E-state index in [0.717, 1.165) is 33.9 Å². The van der Waals surface area contributed by atoms with Gasteiger partial charge >= 0.3 is 13.4 Å². The summed E-state index contributed by atoms with van der Waals surface area (Å²) in [6.45, 7) is -4.07. The van der Waals surface area contributed by atoms with E-state index in [4.69, 9.17) is 18.6 Å². The number of pyridine rings is 2. The fraction of sp³-hybridized carbons (Fsp3) is 0.0870. The smallest absolute Gasteiger partial charge is 0.616 e. The van der Waals surface area contributed by atoms with E-state index in [1.54, 1.807) is 0 Å². The van der Waals surface area contributed by atoms with Gasteiger partial charge in [0.05, 0.1) is 0 Å². The van der Waals surface area contributed by atoms with Crippen molar-refractivity contribution in [2.75, 3.05) is 0 Å². The highest BCUT2D eigenvalue weighted by Gasteiger charge is 2.56. The van der Waals surface area contributed by atoms with Crippen molar-refractivity contribution >= 4 is 47.0 Å². The van der Waals surface area contributed by atoms with Crippen LogP contribution >= 0.6 is 22.7 Å². The first-order valence-corrected chi connectivity index (χ1v) is 20.9. The highest BCUT2D eigenvalue weighted by atomic mass is 32.1. The predicted octanol–water partition coefficient (Wildman–Crippen LogP) is 8.16. The monoisotopic (exact) mass is 766 g/mol. The van der Waals surface area contributed by atoms with Crippen LogP contribution in [0.3, 0.4) is 0 Å². The maximum atomic E-state index is 6.73. The molecule has 11 rings (SSSR count). The summed E-state index contributed by atoms with van der Waals surface area (Å²) in [5.74, 6) is 4.09. The third kappa shape index (κ3) is 5.24. The van der Waals surface area contributed by atoms with E-state index in [0.29, 0.717) is 0 Å². The van der Waals surface area contributed by atoms with Crippen molar-refractivity contribution in [1.82, 2.24) is 0 Å². The fourth-order valence-corrected chi connectivity index (χ4v) is 11.2. The van der Waals surface area contributed by atoms with Gasteiger partial charge in [-0.1, -0.05) is 97.1 Å². The molecule has 2 aliphatic heterocycles. The molecule has 8 aromatic rings. The predicted molar refractivity (Wildman–Crippen MR) is 223 cm³/mol.